The third-order valence-corrected chi connectivity index (χ3v) is 4.31. The number of aliphatic hydroxyl groups is 8. The van der Waals surface area contributed by atoms with E-state index in [0.717, 1.165) is 0 Å². The van der Waals surface area contributed by atoms with Gasteiger partial charge in [-0.2, -0.15) is 0 Å². The molecular weight excluding hydrogens is 304 g/mol. The second kappa shape index (κ2) is 6.61. The molecule has 8 N–H and O–H groups in total. The van der Waals surface area contributed by atoms with Gasteiger partial charge in [-0.1, -0.05) is 0 Å². The smallest absolute Gasteiger partial charge is 0.145 e. The average Bonchev–Trinajstić information content (AvgIpc) is 2.51. The van der Waals surface area contributed by atoms with Crippen LogP contribution in [0.2, 0.25) is 0 Å². The maximum atomic E-state index is 10.6. The highest BCUT2D eigenvalue weighted by Crippen LogP contribution is 2.35. The van der Waals surface area contributed by atoms with Gasteiger partial charge < -0.3 is 50.3 Å². The molecule has 2 fully saturated rings. The Kier molecular flexibility index (Phi) is 5.39. The predicted octanol–water partition coefficient (Wildman–Crippen LogP) is -5.33. The molecule has 10 nitrogen and oxygen atoms in total. The minimum absolute atomic E-state index is 0.594. The molecule has 2 heterocycles. The van der Waals surface area contributed by atoms with Crippen molar-refractivity contribution in [2.75, 3.05) is 19.8 Å². The summed E-state index contributed by atoms with van der Waals surface area (Å²) >= 11 is 0. The Bertz CT molecular complexity index is 379. The molecule has 2 aliphatic heterocycles. The van der Waals surface area contributed by atoms with Gasteiger partial charge in [0.15, 0.2) is 0 Å². The number of hydrogen-bond acceptors (Lipinski definition) is 10. The first-order chi connectivity index (χ1) is 10.3. The summed E-state index contributed by atoms with van der Waals surface area (Å²) in [4.78, 5) is 0. The highest BCUT2D eigenvalue weighted by molar-refractivity contribution is 5.08. The van der Waals surface area contributed by atoms with Crippen molar-refractivity contribution in [2.45, 2.75) is 54.4 Å². The normalized spacial score (nSPS) is 53.5. The fraction of sp³-hybridized carbons (Fsp3) is 1.00. The summed E-state index contributed by atoms with van der Waals surface area (Å²) in [5.74, 6) is 0. The summed E-state index contributed by atoms with van der Waals surface area (Å²) in [7, 11) is 0. The fourth-order valence-corrected chi connectivity index (χ4v) is 2.85. The van der Waals surface area contributed by atoms with Crippen LogP contribution >= 0.6 is 0 Å². The minimum atomic E-state index is -2.31. The molecule has 1 unspecified atom stereocenters. The maximum Gasteiger partial charge on any atom is 0.145 e. The van der Waals surface area contributed by atoms with Crippen LogP contribution in [0.4, 0.5) is 0 Å². The summed E-state index contributed by atoms with van der Waals surface area (Å²) in [5, 5.41) is 78.1. The molecule has 0 bridgehead atoms. The second-order valence-electron chi connectivity index (χ2n) is 5.71. The van der Waals surface area contributed by atoms with Gasteiger partial charge >= 0.3 is 0 Å². The third kappa shape index (κ3) is 2.76. The van der Waals surface area contributed by atoms with Gasteiger partial charge in [-0.05, 0) is 0 Å². The molecule has 0 radical (unpaired) electrons. The lowest BCUT2D eigenvalue weighted by molar-refractivity contribution is -0.323. The number of aliphatic hydroxyl groups excluding tert-OH is 7. The Morgan fingerprint density at radius 2 is 1.41 bits per heavy atom. The SMILES string of the molecule is OC[C@H]1OC[C@@](O)([C@@H]2O[C@H](CO)[C@@H](O)[C@H](O)[C@H]2O)[C@@H](O)C1O. The molecule has 2 saturated heterocycles. The maximum absolute atomic E-state index is 10.6. The molecule has 0 aromatic heterocycles. The zero-order valence-corrected chi connectivity index (χ0v) is 11.6. The molecular formula is C12H22O10. The van der Waals surface area contributed by atoms with Crippen LogP contribution in [-0.4, -0.2) is 115 Å². The Labute approximate surface area is 125 Å². The van der Waals surface area contributed by atoms with E-state index in [0.29, 0.717) is 0 Å². The molecule has 130 valence electrons. The van der Waals surface area contributed by atoms with E-state index in [4.69, 9.17) is 19.7 Å². The standard InChI is InChI=1S/C12H22O10/c13-1-4-7(16)10(19)12(20,3-21-4)11-9(18)8(17)6(15)5(2-14)22-11/h4-11,13-20H,1-3H2/t4-,5-,6-,7?,8+,9-,10+,11-,12+/m1/s1. The van der Waals surface area contributed by atoms with Gasteiger partial charge in [0.1, 0.15) is 54.4 Å². The van der Waals surface area contributed by atoms with Crippen LogP contribution in [-0.2, 0) is 9.47 Å². The molecule has 0 aromatic rings. The fourth-order valence-electron chi connectivity index (χ4n) is 2.85. The third-order valence-electron chi connectivity index (χ3n) is 4.31. The Balaban J connectivity index is 2.24. The van der Waals surface area contributed by atoms with Gasteiger partial charge in [0.2, 0.25) is 0 Å². The van der Waals surface area contributed by atoms with Gasteiger partial charge in [0, 0.05) is 0 Å². The average molecular weight is 326 g/mol. The molecule has 0 amide bonds. The molecule has 0 spiro atoms. The number of ether oxygens (including phenoxy) is 2. The molecule has 2 aliphatic rings. The first-order valence-electron chi connectivity index (χ1n) is 6.89. The second-order valence-corrected chi connectivity index (χ2v) is 5.71. The van der Waals surface area contributed by atoms with Gasteiger partial charge in [-0.25, -0.2) is 0 Å². The largest absolute Gasteiger partial charge is 0.394 e. The van der Waals surface area contributed by atoms with E-state index in [9.17, 15) is 30.6 Å². The lowest BCUT2D eigenvalue weighted by Gasteiger charge is -2.51. The van der Waals surface area contributed by atoms with Crippen molar-refractivity contribution in [2.24, 2.45) is 0 Å². The lowest BCUT2D eigenvalue weighted by atomic mass is 9.78. The van der Waals surface area contributed by atoms with Crippen LogP contribution in [0.3, 0.4) is 0 Å². The van der Waals surface area contributed by atoms with E-state index >= 15 is 0 Å². The highest BCUT2D eigenvalue weighted by atomic mass is 16.6. The summed E-state index contributed by atoms with van der Waals surface area (Å²) < 4.78 is 10.2. The van der Waals surface area contributed by atoms with E-state index in [-0.39, 0.29) is 0 Å². The first-order valence-corrected chi connectivity index (χ1v) is 6.89. The molecule has 9 atom stereocenters. The quantitative estimate of drug-likeness (QED) is 0.249. The van der Waals surface area contributed by atoms with Crippen LogP contribution in [0.15, 0.2) is 0 Å². The van der Waals surface area contributed by atoms with Crippen molar-refractivity contribution in [3.63, 3.8) is 0 Å². The van der Waals surface area contributed by atoms with E-state index in [1.54, 1.807) is 0 Å². The van der Waals surface area contributed by atoms with Crippen LogP contribution in [0.25, 0.3) is 0 Å². The zero-order valence-electron chi connectivity index (χ0n) is 11.6. The first kappa shape index (κ1) is 17.9. The number of rotatable bonds is 3. The predicted molar refractivity (Wildman–Crippen MR) is 67.6 cm³/mol. The zero-order chi connectivity index (χ0) is 16.7. The van der Waals surface area contributed by atoms with Crippen LogP contribution in [0, 0.1) is 0 Å². The van der Waals surface area contributed by atoms with E-state index in [1.807, 2.05) is 0 Å². The van der Waals surface area contributed by atoms with Crippen molar-refractivity contribution in [1.82, 2.24) is 0 Å². The molecule has 2 rings (SSSR count). The summed E-state index contributed by atoms with van der Waals surface area (Å²) in [6, 6.07) is 0. The van der Waals surface area contributed by atoms with Crippen molar-refractivity contribution in [3.8, 4) is 0 Å². The van der Waals surface area contributed by atoms with Crippen molar-refractivity contribution >= 4 is 0 Å². The highest BCUT2D eigenvalue weighted by Gasteiger charge is 2.59. The Morgan fingerprint density at radius 3 is 1.95 bits per heavy atom. The van der Waals surface area contributed by atoms with Crippen molar-refractivity contribution < 1.29 is 50.3 Å². The Hall–Kier alpha value is -0.400. The van der Waals surface area contributed by atoms with Crippen LogP contribution in [0.1, 0.15) is 0 Å². The molecule has 0 aromatic carbocycles. The van der Waals surface area contributed by atoms with E-state index < -0.39 is 74.3 Å². The lowest BCUT2D eigenvalue weighted by Crippen LogP contribution is -2.73. The Morgan fingerprint density at radius 1 is 0.818 bits per heavy atom. The van der Waals surface area contributed by atoms with Crippen LogP contribution in [0.5, 0.6) is 0 Å². The van der Waals surface area contributed by atoms with Gasteiger partial charge in [-0.15, -0.1) is 0 Å². The number of hydrogen-bond donors (Lipinski definition) is 8. The van der Waals surface area contributed by atoms with Crippen molar-refractivity contribution in [1.29, 1.82) is 0 Å². The molecule has 22 heavy (non-hydrogen) atoms. The van der Waals surface area contributed by atoms with Gasteiger partial charge in [0.05, 0.1) is 19.8 Å². The molecule has 0 aliphatic carbocycles. The summed E-state index contributed by atoms with van der Waals surface area (Å²) in [6.45, 7) is -1.89. The van der Waals surface area contributed by atoms with Gasteiger partial charge in [-0.3, -0.25) is 0 Å². The van der Waals surface area contributed by atoms with E-state index in [1.165, 1.54) is 0 Å². The molecule has 10 heteroatoms. The van der Waals surface area contributed by atoms with Crippen molar-refractivity contribution in [3.05, 3.63) is 0 Å². The minimum Gasteiger partial charge on any atom is -0.394 e. The summed E-state index contributed by atoms with van der Waals surface area (Å²) in [5.41, 5.74) is -2.31. The summed E-state index contributed by atoms with van der Waals surface area (Å²) in [6.07, 6.45) is -12.7. The van der Waals surface area contributed by atoms with E-state index in [2.05, 4.69) is 0 Å². The molecule has 0 saturated carbocycles. The van der Waals surface area contributed by atoms with Gasteiger partial charge in [0.25, 0.3) is 0 Å². The topological polar surface area (TPSA) is 180 Å². The van der Waals surface area contributed by atoms with Crippen LogP contribution < -0.4 is 0 Å². The monoisotopic (exact) mass is 326 g/mol.